The average Bonchev–Trinajstić information content (AvgIpc) is 3.22. The summed E-state index contributed by atoms with van der Waals surface area (Å²) in [5.41, 5.74) is 34.7. The SMILES string of the molecule is CC(N)c1ccc(N(C)C)cc1.CC(N)c1cccc(Br)c1.CC(N)c1cccc(Cl)c1.CC(N)c1ccccc1C(F)(F)F.NC(Cc1ccccc1)c1ccc(F)cc1. The van der Waals surface area contributed by atoms with Crippen LogP contribution < -0.4 is 33.6 Å². The highest BCUT2D eigenvalue weighted by Crippen LogP contribution is 2.33. The highest BCUT2D eigenvalue weighted by Gasteiger charge is 2.33. The van der Waals surface area contributed by atoms with Crippen LogP contribution in [0.15, 0.2) is 156 Å². The Morgan fingerprint density at radius 3 is 1.48 bits per heavy atom. The van der Waals surface area contributed by atoms with Crippen molar-refractivity contribution >= 4 is 33.2 Å². The minimum atomic E-state index is -4.32. The molecular weight excluding hydrogens is 864 g/mol. The van der Waals surface area contributed by atoms with Gasteiger partial charge in [-0.1, -0.05) is 125 Å². The van der Waals surface area contributed by atoms with Crippen molar-refractivity contribution in [2.75, 3.05) is 19.0 Å². The fourth-order valence-corrected chi connectivity index (χ4v) is 6.12. The van der Waals surface area contributed by atoms with Gasteiger partial charge in [-0.15, -0.1) is 0 Å². The Morgan fingerprint density at radius 2 is 1.05 bits per heavy atom. The molecule has 5 unspecified atom stereocenters. The Kier molecular flexibility index (Phi) is 23.0. The number of rotatable bonds is 8. The summed E-state index contributed by atoms with van der Waals surface area (Å²) in [4.78, 5) is 2.07. The van der Waals surface area contributed by atoms with Gasteiger partial charge in [-0.3, -0.25) is 0 Å². The monoisotopic (exact) mass is 922 g/mol. The molecule has 0 aliphatic heterocycles. The molecular formula is C49H60BrClF4N6. The Balaban J connectivity index is 0.000000266. The average molecular weight is 924 g/mol. The van der Waals surface area contributed by atoms with Gasteiger partial charge in [0.25, 0.3) is 0 Å². The third-order valence-corrected chi connectivity index (χ3v) is 9.77. The van der Waals surface area contributed by atoms with Gasteiger partial charge in [-0.25, -0.2) is 4.39 Å². The Morgan fingerprint density at radius 1 is 0.557 bits per heavy atom. The Labute approximate surface area is 373 Å². The summed E-state index contributed by atoms with van der Waals surface area (Å²) in [6.07, 6.45) is -3.54. The van der Waals surface area contributed by atoms with Gasteiger partial charge >= 0.3 is 6.18 Å². The van der Waals surface area contributed by atoms with E-state index in [0.29, 0.717) is 0 Å². The molecule has 0 bridgehead atoms. The van der Waals surface area contributed by atoms with Gasteiger partial charge in [0.05, 0.1) is 5.56 Å². The van der Waals surface area contributed by atoms with Crippen LogP contribution in [-0.4, -0.2) is 14.1 Å². The zero-order valence-corrected chi connectivity index (χ0v) is 38.0. The van der Waals surface area contributed by atoms with E-state index in [-0.39, 0.29) is 35.5 Å². The number of alkyl halides is 3. The van der Waals surface area contributed by atoms with Gasteiger partial charge in [0.15, 0.2) is 0 Å². The molecule has 0 aliphatic carbocycles. The molecule has 0 amide bonds. The van der Waals surface area contributed by atoms with Crippen LogP contribution in [0.25, 0.3) is 0 Å². The number of anilines is 1. The molecule has 6 aromatic rings. The minimum Gasteiger partial charge on any atom is -0.378 e. The van der Waals surface area contributed by atoms with Crippen molar-refractivity contribution in [2.45, 2.75) is 70.5 Å². The summed E-state index contributed by atoms with van der Waals surface area (Å²) in [6, 6.07) is 45.3. The quantitative estimate of drug-likeness (QED) is 0.0966. The summed E-state index contributed by atoms with van der Waals surface area (Å²) in [5, 5.41) is 0.745. The standard InChI is InChI=1S/C14H14FN.C10H16N2.C9H10F3N.C8H10BrN.C8H10ClN/c15-13-8-6-12(7-9-13)14(16)10-11-4-2-1-3-5-11;1-8(11)9-4-6-10(7-5-9)12(2)3;1-6(13)7-4-2-3-5-8(7)9(10,11)12;2*1-6(10)7-3-2-4-8(9)5-7/h1-9,14H,10,16H2;4-8H,11H2,1-3H3;2-6H,13H2,1H3;2*2-6H,10H2,1H3. The second kappa shape index (κ2) is 26.7. The lowest BCUT2D eigenvalue weighted by molar-refractivity contribution is -0.138. The molecule has 5 atom stereocenters. The van der Waals surface area contributed by atoms with Crippen LogP contribution in [0.3, 0.4) is 0 Å². The maximum absolute atomic E-state index is 12.7. The van der Waals surface area contributed by atoms with Crippen LogP contribution in [-0.2, 0) is 12.6 Å². The van der Waals surface area contributed by atoms with E-state index in [1.807, 2.05) is 114 Å². The lowest BCUT2D eigenvalue weighted by Crippen LogP contribution is -2.14. The van der Waals surface area contributed by atoms with Gasteiger partial charge in [0.2, 0.25) is 0 Å². The Hall–Kier alpha value is -4.59. The number of halogens is 6. The van der Waals surface area contributed by atoms with Crippen molar-refractivity contribution in [3.05, 3.63) is 206 Å². The predicted molar refractivity (Wildman–Crippen MR) is 252 cm³/mol. The largest absolute Gasteiger partial charge is 0.416 e. The molecule has 61 heavy (non-hydrogen) atoms. The van der Waals surface area contributed by atoms with E-state index < -0.39 is 17.8 Å². The third-order valence-electron chi connectivity index (χ3n) is 9.04. The fourth-order valence-electron chi connectivity index (χ4n) is 5.50. The lowest BCUT2D eigenvalue weighted by atomic mass is 10.00. The second-order valence-corrected chi connectivity index (χ2v) is 16.0. The van der Waals surface area contributed by atoms with Crippen LogP contribution in [0.1, 0.15) is 96.8 Å². The second-order valence-electron chi connectivity index (χ2n) is 14.7. The summed E-state index contributed by atoms with van der Waals surface area (Å²) in [7, 11) is 4.06. The van der Waals surface area contributed by atoms with Crippen molar-refractivity contribution in [2.24, 2.45) is 28.7 Å². The molecule has 0 heterocycles. The molecule has 0 aliphatic rings. The number of hydrogen-bond acceptors (Lipinski definition) is 6. The molecule has 0 radical (unpaired) electrons. The van der Waals surface area contributed by atoms with Crippen LogP contribution in [0.2, 0.25) is 5.02 Å². The molecule has 10 N–H and O–H groups in total. The van der Waals surface area contributed by atoms with Gasteiger partial charge in [-0.05, 0) is 122 Å². The summed E-state index contributed by atoms with van der Waals surface area (Å²) in [5.74, 6) is -0.226. The normalized spacial score (nSPS) is 13.1. The zero-order valence-electron chi connectivity index (χ0n) is 35.6. The van der Waals surface area contributed by atoms with Crippen LogP contribution in [0, 0.1) is 5.82 Å². The highest BCUT2D eigenvalue weighted by atomic mass is 79.9. The van der Waals surface area contributed by atoms with E-state index in [1.54, 1.807) is 18.2 Å². The van der Waals surface area contributed by atoms with E-state index in [9.17, 15) is 17.6 Å². The molecule has 328 valence electrons. The third kappa shape index (κ3) is 20.2. The molecule has 6 nitrogen and oxygen atoms in total. The van der Waals surface area contributed by atoms with Crippen molar-refractivity contribution in [1.82, 2.24) is 0 Å². The number of nitrogens with zero attached hydrogens (tertiary/aromatic N) is 1. The highest BCUT2D eigenvalue weighted by molar-refractivity contribution is 9.10. The predicted octanol–water partition coefficient (Wildman–Crippen LogP) is 12.4. The topological polar surface area (TPSA) is 133 Å². The van der Waals surface area contributed by atoms with Crippen molar-refractivity contribution < 1.29 is 17.6 Å². The smallest absolute Gasteiger partial charge is 0.378 e. The van der Waals surface area contributed by atoms with Crippen LogP contribution >= 0.6 is 27.5 Å². The first-order valence-electron chi connectivity index (χ1n) is 19.7. The fraction of sp³-hybridized carbons (Fsp3) is 0.265. The number of nitrogens with two attached hydrogens (primary N) is 5. The molecule has 0 fully saturated rings. The minimum absolute atomic E-state index is 0.0682. The summed E-state index contributed by atoms with van der Waals surface area (Å²) >= 11 is 9.11. The van der Waals surface area contributed by atoms with Gasteiger partial charge in [0, 0.05) is 59.5 Å². The van der Waals surface area contributed by atoms with Crippen molar-refractivity contribution in [3.63, 3.8) is 0 Å². The van der Waals surface area contributed by atoms with E-state index in [4.69, 9.17) is 40.3 Å². The number of benzene rings is 6. The lowest BCUT2D eigenvalue weighted by Gasteiger charge is -2.14. The van der Waals surface area contributed by atoms with Crippen LogP contribution in [0.5, 0.6) is 0 Å². The molecule has 0 aromatic heterocycles. The summed E-state index contributed by atoms with van der Waals surface area (Å²) < 4.78 is 50.9. The van der Waals surface area contributed by atoms with E-state index >= 15 is 0 Å². The first kappa shape index (κ1) is 52.5. The van der Waals surface area contributed by atoms with Crippen molar-refractivity contribution in [3.8, 4) is 0 Å². The molecule has 0 spiro atoms. The summed E-state index contributed by atoms with van der Waals surface area (Å²) in [6.45, 7) is 7.43. The maximum Gasteiger partial charge on any atom is 0.416 e. The molecule has 0 saturated heterocycles. The first-order valence-corrected chi connectivity index (χ1v) is 20.9. The van der Waals surface area contributed by atoms with E-state index in [1.165, 1.54) is 48.0 Å². The molecule has 6 aromatic carbocycles. The Bertz CT molecular complexity index is 2040. The maximum atomic E-state index is 12.7. The van der Waals surface area contributed by atoms with Gasteiger partial charge in [-0.2, -0.15) is 13.2 Å². The molecule has 12 heteroatoms. The van der Waals surface area contributed by atoms with E-state index in [2.05, 4.69) is 45.1 Å². The number of hydrogen-bond donors (Lipinski definition) is 5. The van der Waals surface area contributed by atoms with Crippen LogP contribution in [0.4, 0.5) is 23.2 Å². The molecule has 0 saturated carbocycles. The van der Waals surface area contributed by atoms with Gasteiger partial charge in [0.1, 0.15) is 5.82 Å². The first-order chi connectivity index (χ1) is 28.7. The van der Waals surface area contributed by atoms with Gasteiger partial charge < -0.3 is 33.6 Å². The zero-order chi connectivity index (χ0) is 45.7. The van der Waals surface area contributed by atoms with E-state index in [0.717, 1.165) is 38.7 Å². The van der Waals surface area contributed by atoms with Crippen molar-refractivity contribution in [1.29, 1.82) is 0 Å². The molecule has 6 rings (SSSR count).